The van der Waals surface area contributed by atoms with Gasteiger partial charge in [0.25, 0.3) is 0 Å². The average molecular weight is 300 g/mol. The van der Waals surface area contributed by atoms with Crippen molar-refractivity contribution in [1.82, 2.24) is 19.5 Å². The first-order chi connectivity index (χ1) is 10.6. The van der Waals surface area contributed by atoms with Crippen LogP contribution in [0.4, 0.5) is 11.8 Å². The number of nitrogens with zero attached hydrogens (tertiary/aromatic N) is 5. The highest BCUT2D eigenvalue weighted by Gasteiger charge is 2.31. The van der Waals surface area contributed by atoms with E-state index < -0.39 is 0 Å². The van der Waals surface area contributed by atoms with Crippen molar-refractivity contribution in [2.24, 2.45) is 5.92 Å². The molecule has 4 heterocycles. The highest BCUT2D eigenvalue weighted by atomic mass is 16.5. The number of hydrogen-bond acceptors (Lipinski definition) is 6. The van der Waals surface area contributed by atoms with Crippen LogP contribution in [0.5, 0.6) is 0 Å². The number of rotatable bonds is 2. The lowest BCUT2D eigenvalue weighted by atomic mass is 10.1. The van der Waals surface area contributed by atoms with Crippen molar-refractivity contribution < 1.29 is 4.74 Å². The van der Waals surface area contributed by atoms with Crippen molar-refractivity contribution >= 4 is 22.9 Å². The number of nitrogen functional groups attached to an aromatic ring is 1. The van der Waals surface area contributed by atoms with Gasteiger partial charge in [-0.2, -0.15) is 9.97 Å². The summed E-state index contributed by atoms with van der Waals surface area (Å²) < 4.78 is 7.80. The van der Waals surface area contributed by atoms with E-state index in [0.29, 0.717) is 5.92 Å². The van der Waals surface area contributed by atoms with Crippen molar-refractivity contribution in [2.75, 3.05) is 23.7 Å². The lowest BCUT2D eigenvalue weighted by Crippen LogP contribution is -2.20. The average Bonchev–Trinajstić information content (AvgIpc) is 3.18. The molecule has 2 atom stereocenters. The van der Waals surface area contributed by atoms with Crippen molar-refractivity contribution in [2.45, 2.75) is 32.4 Å². The van der Waals surface area contributed by atoms with Crippen LogP contribution < -0.4 is 10.6 Å². The minimum Gasteiger partial charge on any atom is -0.475 e. The van der Waals surface area contributed by atoms with Crippen LogP contribution in [0.2, 0.25) is 0 Å². The molecule has 0 spiro atoms. The van der Waals surface area contributed by atoms with Gasteiger partial charge in [-0.1, -0.05) is 13.5 Å². The topological polar surface area (TPSA) is 82.1 Å². The molecule has 0 aromatic carbocycles. The Morgan fingerprint density at radius 3 is 2.77 bits per heavy atom. The van der Waals surface area contributed by atoms with Crippen LogP contribution in [-0.4, -0.2) is 32.6 Å². The Labute approximate surface area is 128 Å². The summed E-state index contributed by atoms with van der Waals surface area (Å²) in [7, 11) is 0. The third-order valence-electron chi connectivity index (χ3n) is 4.42. The second-order valence-electron chi connectivity index (χ2n) is 6.15. The zero-order valence-corrected chi connectivity index (χ0v) is 12.7. The normalized spacial score (nSPS) is 25.1. The van der Waals surface area contributed by atoms with Gasteiger partial charge in [-0.15, -0.1) is 0 Å². The Kier molecular flexibility index (Phi) is 2.95. The maximum Gasteiger partial charge on any atom is 0.224 e. The monoisotopic (exact) mass is 300 g/mol. The van der Waals surface area contributed by atoms with Gasteiger partial charge in [0.05, 0.1) is 5.76 Å². The Morgan fingerprint density at radius 1 is 1.32 bits per heavy atom. The molecule has 4 rings (SSSR count). The van der Waals surface area contributed by atoms with Crippen LogP contribution in [0, 0.1) is 5.92 Å². The summed E-state index contributed by atoms with van der Waals surface area (Å²) in [5, 5.41) is 0. The Balaban J connectivity index is 1.83. The zero-order valence-electron chi connectivity index (χ0n) is 12.7. The fourth-order valence-electron chi connectivity index (χ4n) is 3.38. The van der Waals surface area contributed by atoms with E-state index in [2.05, 4.69) is 33.4 Å². The number of imidazole rings is 1. The van der Waals surface area contributed by atoms with Gasteiger partial charge in [0.15, 0.2) is 23.2 Å². The maximum absolute atomic E-state index is 5.93. The summed E-state index contributed by atoms with van der Waals surface area (Å²) in [5.74, 6) is 2.25. The van der Waals surface area contributed by atoms with E-state index in [0.717, 1.165) is 42.3 Å². The number of nitrogens with two attached hydrogens (primary N) is 1. The second kappa shape index (κ2) is 4.86. The Bertz CT molecular complexity index is 733. The van der Waals surface area contributed by atoms with Crippen molar-refractivity contribution in [3.8, 4) is 0 Å². The van der Waals surface area contributed by atoms with E-state index in [9.17, 15) is 0 Å². The Morgan fingerprint density at radius 2 is 2.09 bits per heavy atom. The summed E-state index contributed by atoms with van der Waals surface area (Å²) in [6.45, 7) is 8.04. The number of allylic oxidation sites excluding steroid dienone is 1. The third-order valence-corrected chi connectivity index (χ3v) is 4.42. The standard InChI is InChI=1S/C15H20N6O/c1-9-7-10(2)22-14(9)21-8-17-11-12(20-5-3-4-6-20)18-15(16)19-13(11)21/h8-9,14H,2-7H2,1H3,(H2,16,18,19)/t9-,14+/m0/s1. The molecule has 2 aliphatic rings. The van der Waals surface area contributed by atoms with Crippen LogP contribution in [-0.2, 0) is 4.74 Å². The summed E-state index contributed by atoms with van der Waals surface area (Å²) in [6, 6.07) is 0. The fraction of sp³-hybridized carbons (Fsp3) is 0.533. The predicted octanol–water partition coefficient (Wildman–Crippen LogP) is 2.08. The van der Waals surface area contributed by atoms with Gasteiger partial charge in [-0.05, 0) is 12.8 Å². The van der Waals surface area contributed by atoms with Crippen LogP contribution in [0.1, 0.15) is 32.4 Å². The third kappa shape index (κ3) is 2.00. The van der Waals surface area contributed by atoms with E-state index in [-0.39, 0.29) is 12.2 Å². The fourth-order valence-corrected chi connectivity index (χ4v) is 3.38. The molecule has 2 N–H and O–H groups in total. The quantitative estimate of drug-likeness (QED) is 0.914. The molecule has 0 saturated carbocycles. The van der Waals surface area contributed by atoms with E-state index in [1.165, 1.54) is 12.8 Å². The lowest BCUT2D eigenvalue weighted by Gasteiger charge is -2.19. The smallest absolute Gasteiger partial charge is 0.224 e. The minimum atomic E-state index is -0.127. The van der Waals surface area contributed by atoms with E-state index in [1.807, 2.05) is 4.57 Å². The van der Waals surface area contributed by atoms with Gasteiger partial charge < -0.3 is 15.4 Å². The van der Waals surface area contributed by atoms with Gasteiger partial charge in [0, 0.05) is 25.4 Å². The SMILES string of the molecule is C=C1C[C@H](C)[C@H](n2cnc3c(N4CCCC4)nc(N)nc32)O1. The van der Waals surface area contributed by atoms with E-state index in [4.69, 9.17) is 10.5 Å². The molecule has 0 aliphatic carbocycles. The zero-order chi connectivity index (χ0) is 15.3. The first-order valence-corrected chi connectivity index (χ1v) is 7.73. The number of anilines is 2. The first kappa shape index (κ1) is 13.4. The van der Waals surface area contributed by atoms with Gasteiger partial charge in [-0.3, -0.25) is 4.57 Å². The molecule has 7 nitrogen and oxygen atoms in total. The molecular weight excluding hydrogens is 280 g/mol. The van der Waals surface area contributed by atoms with Gasteiger partial charge in [0.1, 0.15) is 6.33 Å². The van der Waals surface area contributed by atoms with Gasteiger partial charge in [-0.25, -0.2) is 4.98 Å². The molecule has 2 fully saturated rings. The largest absolute Gasteiger partial charge is 0.475 e. The molecule has 22 heavy (non-hydrogen) atoms. The molecule has 0 radical (unpaired) electrons. The molecular formula is C15H20N6O. The molecule has 2 aromatic heterocycles. The minimum absolute atomic E-state index is 0.127. The maximum atomic E-state index is 5.93. The highest BCUT2D eigenvalue weighted by molar-refractivity contribution is 5.85. The van der Waals surface area contributed by atoms with Gasteiger partial charge in [0.2, 0.25) is 5.95 Å². The lowest BCUT2D eigenvalue weighted by molar-refractivity contribution is 0.0745. The molecule has 0 bridgehead atoms. The molecule has 116 valence electrons. The molecule has 2 aromatic rings. The van der Waals surface area contributed by atoms with E-state index in [1.54, 1.807) is 6.33 Å². The summed E-state index contributed by atoms with van der Waals surface area (Å²) in [6.07, 6.45) is 4.85. The number of hydrogen-bond donors (Lipinski definition) is 1. The molecule has 7 heteroatoms. The second-order valence-corrected chi connectivity index (χ2v) is 6.15. The van der Waals surface area contributed by atoms with Gasteiger partial charge >= 0.3 is 0 Å². The Hall–Kier alpha value is -2.31. The molecule has 0 amide bonds. The van der Waals surface area contributed by atoms with Crippen LogP contribution in [0.25, 0.3) is 11.2 Å². The van der Waals surface area contributed by atoms with E-state index >= 15 is 0 Å². The highest BCUT2D eigenvalue weighted by Crippen LogP contribution is 2.38. The number of fused-ring (bicyclic) bond motifs is 1. The summed E-state index contributed by atoms with van der Waals surface area (Å²) >= 11 is 0. The van der Waals surface area contributed by atoms with Crippen molar-refractivity contribution in [3.05, 3.63) is 18.7 Å². The molecule has 0 unspecified atom stereocenters. The summed E-state index contributed by atoms with van der Waals surface area (Å²) in [4.78, 5) is 15.6. The van der Waals surface area contributed by atoms with Crippen molar-refractivity contribution in [1.29, 1.82) is 0 Å². The van der Waals surface area contributed by atoms with Crippen LogP contribution in [0.15, 0.2) is 18.7 Å². The number of aromatic nitrogens is 4. The summed E-state index contributed by atoms with van der Waals surface area (Å²) in [5.41, 5.74) is 7.47. The van der Waals surface area contributed by atoms with Crippen LogP contribution >= 0.6 is 0 Å². The van der Waals surface area contributed by atoms with Crippen LogP contribution in [0.3, 0.4) is 0 Å². The molecule has 2 aliphatic heterocycles. The predicted molar refractivity (Wildman–Crippen MR) is 84.2 cm³/mol. The number of ether oxygens (including phenoxy) is 1. The first-order valence-electron chi connectivity index (χ1n) is 7.73. The molecule has 2 saturated heterocycles. The van der Waals surface area contributed by atoms with Crippen molar-refractivity contribution in [3.63, 3.8) is 0 Å².